The Balaban J connectivity index is 3.04. The average Bonchev–Trinajstić information content (AvgIpc) is 2.44. The van der Waals surface area contributed by atoms with Crippen molar-refractivity contribution >= 4 is 21.9 Å². The van der Waals surface area contributed by atoms with Crippen LogP contribution in [0.1, 0.15) is 28.7 Å². The SMILES string of the molecule is CCOC(=O)c1[nH]c(CO)c(Br)c1C. The number of hydrogen-bond acceptors (Lipinski definition) is 3. The number of halogens is 1. The summed E-state index contributed by atoms with van der Waals surface area (Å²) in [6.45, 7) is 3.73. The second-order valence-corrected chi connectivity index (χ2v) is 3.59. The fourth-order valence-electron chi connectivity index (χ4n) is 1.15. The molecule has 2 N–H and O–H groups in total. The first-order chi connectivity index (χ1) is 6.61. The molecule has 0 unspecified atom stereocenters. The van der Waals surface area contributed by atoms with Crippen molar-refractivity contribution < 1.29 is 14.6 Å². The average molecular weight is 262 g/mol. The van der Waals surface area contributed by atoms with E-state index in [9.17, 15) is 4.79 Å². The number of aromatic amines is 1. The maximum atomic E-state index is 11.4. The summed E-state index contributed by atoms with van der Waals surface area (Å²) in [4.78, 5) is 14.2. The number of hydrogen-bond donors (Lipinski definition) is 2. The van der Waals surface area contributed by atoms with Crippen LogP contribution in [0, 0.1) is 6.92 Å². The Hall–Kier alpha value is -0.810. The highest BCUT2D eigenvalue weighted by Crippen LogP contribution is 2.24. The zero-order valence-corrected chi connectivity index (χ0v) is 9.64. The van der Waals surface area contributed by atoms with Crippen molar-refractivity contribution in [2.45, 2.75) is 20.5 Å². The summed E-state index contributed by atoms with van der Waals surface area (Å²) in [5.74, 6) is -0.398. The van der Waals surface area contributed by atoms with Gasteiger partial charge in [-0.1, -0.05) is 0 Å². The molecule has 0 aliphatic heterocycles. The maximum absolute atomic E-state index is 11.4. The molecule has 4 nitrogen and oxygen atoms in total. The van der Waals surface area contributed by atoms with E-state index in [-0.39, 0.29) is 6.61 Å². The van der Waals surface area contributed by atoms with Crippen LogP contribution in [-0.2, 0) is 11.3 Å². The predicted octanol–water partition coefficient (Wildman–Crippen LogP) is 1.75. The number of aromatic nitrogens is 1. The summed E-state index contributed by atoms with van der Waals surface area (Å²) in [5.41, 5.74) is 1.74. The minimum atomic E-state index is -0.398. The van der Waals surface area contributed by atoms with Crippen LogP contribution in [0.15, 0.2) is 4.47 Å². The van der Waals surface area contributed by atoms with Crippen LogP contribution in [0.4, 0.5) is 0 Å². The molecular formula is C9H12BrNO3. The van der Waals surface area contributed by atoms with Crippen LogP contribution in [0.25, 0.3) is 0 Å². The molecule has 0 aromatic carbocycles. The van der Waals surface area contributed by atoms with Crippen molar-refractivity contribution in [2.75, 3.05) is 6.61 Å². The third-order valence-electron chi connectivity index (χ3n) is 1.88. The van der Waals surface area contributed by atoms with E-state index in [1.54, 1.807) is 13.8 Å². The Kier molecular flexibility index (Phi) is 3.71. The van der Waals surface area contributed by atoms with Gasteiger partial charge >= 0.3 is 5.97 Å². The molecule has 1 aromatic rings. The van der Waals surface area contributed by atoms with Crippen molar-refractivity contribution in [3.8, 4) is 0 Å². The molecule has 0 aliphatic rings. The van der Waals surface area contributed by atoms with Crippen molar-refractivity contribution in [3.05, 3.63) is 21.4 Å². The molecule has 78 valence electrons. The van der Waals surface area contributed by atoms with Gasteiger partial charge in [0.2, 0.25) is 0 Å². The van der Waals surface area contributed by atoms with Crippen LogP contribution in [-0.4, -0.2) is 22.7 Å². The lowest BCUT2D eigenvalue weighted by atomic mass is 10.2. The van der Waals surface area contributed by atoms with Crippen molar-refractivity contribution in [1.29, 1.82) is 0 Å². The molecule has 0 spiro atoms. The Morgan fingerprint density at radius 2 is 2.29 bits per heavy atom. The molecule has 0 radical (unpaired) electrons. The predicted molar refractivity (Wildman–Crippen MR) is 55.1 cm³/mol. The summed E-state index contributed by atoms with van der Waals surface area (Å²) < 4.78 is 5.57. The molecule has 0 saturated heterocycles. The van der Waals surface area contributed by atoms with Gasteiger partial charge in [0.1, 0.15) is 5.69 Å². The third-order valence-corrected chi connectivity index (χ3v) is 2.96. The van der Waals surface area contributed by atoms with Gasteiger partial charge in [-0.25, -0.2) is 4.79 Å². The van der Waals surface area contributed by atoms with Gasteiger partial charge in [-0.3, -0.25) is 0 Å². The Labute approximate surface area is 90.4 Å². The van der Waals surface area contributed by atoms with E-state index in [0.29, 0.717) is 18.0 Å². The van der Waals surface area contributed by atoms with E-state index in [1.165, 1.54) is 0 Å². The lowest BCUT2D eigenvalue weighted by Gasteiger charge is -1.99. The van der Waals surface area contributed by atoms with Crippen LogP contribution < -0.4 is 0 Å². The van der Waals surface area contributed by atoms with E-state index in [1.807, 2.05) is 0 Å². The molecule has 0 aliphatic carbocycles. The Morgan fingerprint density at radius 1 is 1.64 bits per heavy atom. The van der Waals surface area contributed by atoms with E-state index in [0.717, 1.165) is 10.0 Å². The number of carbonyl (C=O) groups is 1. The molecule has 1 heterocycles. The van der Waals surface area contributed by atoms with Crippen LogP contribution in [0.3, 0.4) is 0 Å². The van der Waals surface area contributed by atoms with Gasteiger partial charge in [-0.05, 0) is 35.3 Å². The smallest absolute Gasteiger partial charge is 0.355 e. The molecule has 14 heavy (non-hydrogen) atoms. The number of aliphatic hydroxyl groups is 1. The van der Waals surface area contributed by atoms with Crippen LogP contribution in [0.5, 0.6) is 0 Å². The van der Waals surface area contributed by atoms with Gasteiger partial charge in [-0.2, -0.15) is 0 Å². The van der Waals surface area contributed by atoms with E-state index in [4.69, 9.17) is 9.84 Å². The number of nitrogens with one attached hydrogen (secondary N) is 1. The van der Waals surface area contributed by atoms with Crippen molar-refractivity contribution in [1.82, 2.24) is 4.98 Å². The number of ether oxygens (including phenoxy) is 1. The molecule has 0 bridgehead atoms. The minimum Gasteiger partial charge on any atom is -0.461 e. The summed E-state index contributed by atoms with van der Waals surface area (Å²) in [7, 11) is 0. The lowest BCUT2D eigenvalue weighted by Crippen LogP contribution is -2.06. The van der Waals surface area contributed by atoms with Crippen LogP contribution >= 0.6 is 15.9 Å². The first-order valence-electron chi connectivity index (χ1n) is 4.26. The first-order valence-corrected chi connectivity index (χ1v) is 5.06. The first kappa shape index (κ1) is 11.3. The summed E-state index contributed by atoms with van der Waals surface area (Å²) in [6.07, 6.45) is 0. The monoisotopic (exact) mass is 261 g/mol. The summed E-state index contributed by atoms with van der Waals surface area (Å²) in [5, 5.41) is 8.95. The fourth-order valence-corrected chi connectivity index (χ4v) is 1.57. The van der Waals surface area contributed by atoms with Gasteiger partial charge in [0, 0.05) is 4.47 Å². The van der Waals surface area contributed by atoms with Gasteiger partial charge < -0.3 is 14.8 Å². The van der Waals surface area contributed by atoms with Gasteiger partial charge in [-0.15, -0.1) is 0 Å². The summed E-state index contributed by atoms with van der Waals surface area (Å²) >= 11 is 3.28. The zero-order chi connectivity index (χ0) is 10.7. The van der Waals surface area contributed by atoms with Gasteiger partial charge in [0.25, 0.3) is 0 Å². The normalized spacial score (nSPS) is 10.3. The molecule has 0 saturated carbocycles. The van der Waals surface area contributed by atoms with E-state index in [2.05, 4.69) is 20.9 Å². The number of rotatable bonds is 3. The minimum absolute atomic E-state index is 0.138. The Bertz CT molecular complexity index is 346. The van der Waals surface area contributed by atoms with Crippen molar-refractivity contribution in [2.24, 2.45) is 0 Å². The highest BCUT2D eigenvalue weighted by Gasteiger charge is 2.17. The fraction of sp³-hybridized carbons (Fsp3) is 0.444. The molecule has 0 amide bonds. The number of esters is 1. The maximum Gasteiger partial charge on any atom is 0.355 e. The standard InChI is InChI=1S/C9H12BrNO3/c1-3-14-9(13)8-5(2)7(10)6(4-12)11-8/h11-12H,3-4H2,1-2H3. The number of aliphatic hydroxyl groups excluding tert-OH is 1. The van der Waals surface area contributed by atoms with Crippen molar-refractivity contribution in [3.63, 3.8) is 0 Å². The lowest BCUT2D eigenvalue weighted by molar-refractivity contribution is 0.0519. The molecule has 0 atom stereocenters. The quantitative estimate of drug-likeness (QED) is 0.816. The number of carbonyl (C=O) groups excluding carboxylic acids is 1. The van der Waals surface area contributed by atoms with Crippen LogP contribution in [0.2, 0.25) is 0 Å². The highest BCUT2D eigenvalue weighted by atomic mass is 79.9. The van der Waals surface area contributed by atoms with E-state index < -0.39 is 5.97 Å². The van der Waals surface area contributed by atoms with Gasteiger partial charge in [0.05, 0.1) is 18.9 Å². The highest BCUT2D eigenvalue weighted by molar-refractivity contribution is 9.10. The Morgan fingerprint density at radius 3 is 2.71 bits per heavy atom. The van der Waals surface area contributed by atoms with Gasteiger partial charge in [0.15, 0.2) is 0 Å². The molecule has 0 fully saturated rings. The molecule has 5 heteroatoms. The molecular weight excluding hydrogens is 250 g/mol. The molecule has 1 rings (SSSR count). The largest absolute Gasteiger partial charge is 0.461 e. The summed E-state index contributed by atoms with van der Waals surface area (Å²) in [6, 6.07) is 0. The second kappa shape index (κ2) is 4.61. The second-order valence-electron chi connectivity index (χ2n) is 2.80. The third kappa shape index (κ3) is 1.99. The van der Waals surface area contributed by atoms with E-state index >= 15 is 0 Å². The topological polar surface area (TPSA) is 62.3 Å². The molecule has 1 aromatic heterocycles. The zero-order valence-electron chi connectivity index (χ0n) is 8.06. The number of H-pyrrole nitrogens is 1.